The minimum atomic E-state index is -1.26. The molecule has 6 heteroatoms. The van der Waals surface area contributed by atoms with Crippen LogP contribution in [-0.2, 0) is 4.79 Å². The number of hydrogen-bond acceptors (Lipinski definition) is 5. The summed E-state index contributed by atoms with van der Waals surface area (Å²) in [6.45, 7) is 4.10. The number of allylic oxidation sites excluding steroid dienone is 4. The van der Waals surface area contributed by atoms with Crippen LogP contribution in [0.5, 0.6) is 0 Å². The Balaban J connectivity index is 3.55. The minimum absolute atomic E-state index is 0.372. The lowest BCUT2D eigenvalue weighted by atomic mass is 9.99. The molecule has 6 nitrogen and oxygen atoms in total. The standard InChI is InChI=1S/C64H125NO5/c1-3-5-7-9-11-13-15-17-19-21-23-25-26-27-28-29-30-31-32-33-34-35-36-37-38-40-42-44-46-48-50-52-54-56-58-62(68)64(70)65-60(59-66)63(69)61(67)57-55-53-51-49-47-45-43-41-39-24-22-20-18-16-14-12-10-8-6-4-2/h26-27,29-30,60-63,66-69H,3-25,28,31-59H2,1-2H3,(H,65,70)/b27-26-,30-29-. The Morgan fingerprint density at radius 2 is 0.614 bits per heavy atom. The number of rotatable bonds is 59. The highest BCUT2D eigenvalue weighted by molar-refractivity contribution is 5.80. The van der Waals surface area contributed by atoms with Gasteiger partial charge in [0.1, 0.15) is 12.2 Å². The predicted molar refractivity (Wildman–Crippen MR) is 307 cm³/mol. The van der Waals surface area contributed by atoms with Crippen LogP contribution < -0.4 is 5.32 Å². The zero-order valence-corrected chi connectivity index (χ0v) is 47.3. The largest absolute Gasteiger partial charge is 0.394 e. The van der Waals surface area contributed by atoms with Gasteiger partial charge in [-0.2, -0.15) is 0 Å². The first kappa shape index (κ1) is 68.8. The molecule has 4 unspecified atom stereocenters. The Morgan fingerprint density at radius 1 is 0.357 bits per heavy atom. The predicted octanol–water partition coefficient (Wildman–Crippen LogP) is 19.0. The van der Waals surface area contributed by atoms with Crippen molar-refractivity contribution in [1.29, 1.82) is 0 Å². The van der Waals surface area contributed by atoms with Crippen LogP contribution in [0.4, 0.5) is 0 Å². The highest BCUT2D eigenvalue weighted by Gasteiger charge is 2.28. The van der Waals surface area contributed by atoms with Gasteiger partial charge in [-0.15, -0.1) is 0 Å². The second kappa shape index (κ2) is 58.7. The molecule has 0 radical (unpaired) electrons. The third-order valence-electron chi connectivity index (χ3n) is 15.2. The van der Waals surface area contributed by atoms with Crippen molar-refractivity contribution in [2.75, 3.05) is 6.61 Å². The molecule has 0 rings (SSSR count). The van der Waals surface area contributed by atoms with Gasteiger partial charge in [0.05, 0.1) is 18.8 Å². The van der Waals surface area contributed by atoms with Crippen LogP contribution in [0.15, 0.2) is 24.3 Å². The van der Waals surface area contributed by atoms with Gasteiger partial charge >= 0.3 is 0 Å². The third-order valence-corrected chi connectivity index (χ3v) is 15.2. The number of aliphatic hydroxyl groups excluding tert-OH is 4. The average molecular weight is 989 g/mol. The highest BCUT2D eigenvalue weighted by atomic mass is 16.3. The van der Waals surface area contributed by atoms with Crippen molar-refractivity contribution in [1.82, 2.24) is 5.32 Å². The van der Waals surface area contributed by atoms with E-state index in [9.17, 15) is 25.2 Å². The quantitative estimate of drug-likeness (QED) is 0.0308. The molecule has 0 bridgehead atoms. The van der Waals surface area contributed by atoms with Crippen molar-refractivity contribution in [2.24, 2.45) is 0 Å². The smallest absolute Gasteiger partial charge is 0.249 e. The highest BCUT2D eigenvalue weighted by Crippen LogP contribution is 2.19. The van der Waals surface area contributed by atoms with E-state index in [4.69, 9.17) is 0 Å². The maximum absolute atomic E-state index is 12.6. The minimum Gasteiger partial charge on any atom is -0.394 e. The molecule has 416 valence electrons. The van der Waals surface area contributed by atoms with Gasteiger partial charge in [0.25, 0.3) is 0 Å². The fraction of sp³-hybridized carbons (Fsp3) is 0.922. The van der Waals surface area contributed by atoms with Gasteiger partial charge < -0.3 is 25.7 Å². The Labute approximate surface area is 437 Å². The van der Waals surface area contributed by atoms with Crippen LogP contribution in [0.3, 0.4) is 0 Å². The molecule has 0 aliphatic heterocycles. The molecule has 0 saturated heterocycles. The monoisotopic (exact) mass is 988 g/mol. The molecule has 0 heterocycles. The van der Waals surface area contributed by atoms with E-state index in [1.807, 2.05) is 0 Å². The number of hydrogen-bond donors (Lipinski definition) is 5. The summed E-state index contributed by atoms with van der Waals surface area (Å²) in [6.07, 6.45) is 72.7. The molecule has 0 aliphatic rings. The van der Waals surface area contributed by atoms with Gasteiger partial charge in [-0.05, 0) is 44.9 Å². The van der Waals surface area contributed by atoms with Crippen molar-refractivity contribution in [3.63, 3.8) is 0 Å². The third kappa shape index (κ3) is 51.7. The number of unbranched alkanes of at least 4 members (excludes halogenated alkanes) is 46. The van der Waals surface area contributed by atoms with Gasteiger partial charge in [0, 0.05) is 0 Å². The first-order chi connectivity index (χ1) is 34.5. The number of carbonyl (C=O) groups excluding carboxylic acids is 1. The van der Waals surface area contributed by atoms with Crippen LogP contribution in [0.1, 0.15) is 348 Å². The summed E-state index contributed by atoms with van der Waals surface area (Å²) >= 11 is 0. The lowest BCUT2D eigenvalue weighted by Crippen LogP contribution is -2.53. The molecule has 0 saturated carbocycles. The van der Waals surface area contributed by atoms with Crippen LogP contribution in [-0.4, -0.2) is 57.3 Å². The van der Waals surface area contributed by atoms with E-state index in [-0.39, 0.29) is 0 Å². The Morgan fingerprint density at radius 3 is 0.900 bits per heavy atom. The normalized spacial score (nSPS) is 13.7. The van der Waals surface area contributed by atoms with Crippen LogP contribution >= 0.6 is 0 Å². The zero-order valence-electron chi connectivity index (χ0n) is 47.3. The lowest BCUT2D eigenvalue weighted by Gasteiger charge is -2.27. The van der Waals surface area contributed by atoms with E-state index >= 15 is 0 Å². The topological polar surface area (TPSA) is 110 Å². The molecule has 70 heavy (non-hydrogen) atoms. The summed E-state index contributed by atoms with van der Waals surface area (Å²) in [5, 5.41) is 44.1. The number of aliphatic hydroxyl groups is 4. The van der Waals surface area contributed by atoms with Crippen molar-refractivity contribution < 1.29 is 25.2 Å². The molecule has 5 N–H and O–H groups in total. The van der Waals surface area contributed by atoms with Gasteiger partial charge in [0.15, 0.2) is 0 Å². The van der Waals surface area contributed by atoms with E-state index in [1.54, 1.807) is 0 Å². The summed E-state index contributed by atoms with van der Waals surface area (Å²) in [6, 6.07) is -0.984. The summed E-state index contributed by atoms with van der Waals surface area (Å²) in [4.78, 5) is 12.6. The maximum Gasteiger partial charge on any atom is 0.249 e. The molecule has 0 aromatic carbocycles. The number of nitrogens with one attached hydrogen (secondary N) is 1. The number of amides is 1. The Kier molecular flexibility index (Phi) is 57.7. The Hall–Kier alpha value is -1.21. The molecule has 0 spiro atoms. The zero-order chi connectivity index (χ0) is 50.9. The van der Waals surface area contributed by atoms with Crippen molar-refractivity contribution >= 4 is 5.91 Å². The summed E-state index contributed by atoms with van der Waals surface area (Å²) < 4.78 is 0. The molecular formula is C64H125NO5. The van der Waals surface area contributed by atoms with E-state index in [0.29, 0.717) is 12.8 Å². The molecule has 0 fully saturated rings. The van der Waals surface area contributed by atoms with Gasteiger partial charge in [-0.3, -0.25) is 4.79 Å². The van der Waals surface area contributed by atoms with Crippen molar-refractivity contribution in [3.05, 3.63) is 24.3 Å². The fourth-order valence-electron chi connectivity index (χ4n) is 10.2. The second-order valence-corrected chi connectivity index (χ2v) is 22.1. The molecule has 4 atom stereocenters. The van der Waals surface area contributed by atoms with E-state index in [0.717, 1.165) is 44.9 Å². The van der Waals surface area contributed by atoms with Crippen molar-refractivity contribution in [2.45, 2.75) is 372 Å². The van der Waals surface area contributed by atoms with Crippen molar-refractivity contribution in [3.8, 4) is 0 Å². The molecular weight excluding hydrogens is 863 g/mol. The van der Waals surface area contributed by atoms with E-state index in [2.05, 4.69) is 43.5 Å². The molecule has 0 aromatic heterocycles. The van der Waals surface area contributed by atoms with Gasteiger partial charge in [0.2, 0.25) is 5.91 Å². The summed E-state index contributed by atoms with van der Waals surface area (Å²) in [5.74, 6) is -0.578. The molecule has 1 amide bonds. The number of carbonyl (C=O) groups is 1. The molecule has 0 aromatic rings. The lowest BCUT2D eigenvalue weighted by molar-refractivity contribution is -0.132. The van der Waals surface area contributed by atoms with Crippen LogP contribution in [0.2, 0.25) is 0 Å². The van der Waals surface area contributed by atoms with E-state index < -0.39 is 36.9 Å². The second-order valence-electron chi connectivity index (χ2n) is 22.1. The first-order valence-electron chi connectivity index (χ1n) is 31.7. The summed E-state index contributed by atoms with van der Waals surface area (Å²) in [5.41, 5.74) is 0. The van der Waals surface area contributed by atoms with Gasteiger partial charge in [-0.25, -0.2) is 0 Å². The van der Waals surface area contributed by atoms with Crippen LogP contribution in [0, 0.1) is 0 Å². The maximum atomic E-state index is 12.6. The molecule has 0 aliphatic carbocycles. The van der Waals surface area contributed by atoms with E-state index in [1.165, 1.54) is 276 Å². The Bertz CT molecular complexity index is 1060. The fourth-order valence-corrected chi connectivity index (χ4v) is 10.2. The SMILES string of the molecule is CCCCCCCCCCCCC/C=C\C/C=C\CCCCCCCCCCCCCCCCCCC(O)C(=O)NC(CO)C(O)C(O)CCCCCCCCCCCCCCCCCCCCCC. The van der Waals surface area contributed by atoms with Crippen LogP contribution in [0.25, 0.3) is 0 Å². The average Bonchev–Trinajstić information content (AvgIpc) is 3.36. The summed E-state index contributed by atoms with van der Waals surface area (Å²) in [7, 11) is 0. The van der Waals surface area contributed by atoms with Gasteiger partial charge in [-0.1, -0.05) is 327 Å². The first-order valence-corrected chi connectivity index (χ1v) is 31.7.